The summed E-state index contributed by atoms with van der Waals surface area (Å²) in [7, 11) is 1.42. The molecule has 2 heterocycles. The SMILES string of the molecule is COC(=O)c1ccc(/C=C\C[C@]23CC[C@@H]4[C@@H](CC=C5CC6(CC[C@]54C)OCCO6)[C@@H]2CC[C@@H]3C2(C)OCCO2)cc1. The molecule has 6 atom stereocenters. The molecule has 2 saturated heterocycles. The molecule has 4 aliphatic carbocycles. The van der Waals surface area contributed by atoms with Gasteiger partial charge in [0.15, 0.2) is 11.6 Å². The number of fused-ring (bicyclic) bond motifs is 5. The van der Waals surface area contributed by atoms with E-state index in [0.29, 0.717) is 42.4 Å². The van der Waals surface area contributed by atoms with Crippen molar-refractivity contribution in [3.8, 4) is 0 Å². The van der Waals surface area contributed by atoms with Crippen molar-refractivity contribution in [3.05, 3.63) is 53.1 Å². The summed E-state index contributed by atoms with van der Waals surface area (Å²) in [6.07, 6.45) is 17.5. The lowest BCUT2D eigenvalue weighted by atomic mass is 9.46. The minimum atomic E-state index is -0.495. The number of rotatable bonds is 5. The molecule has 222 valence electrons. The highest BCUT2D eigenvalue weighted by Crippen LogP contribution is 2.70. The van der Waals surface area contributed by atoms with Gasteiger partial charge in [0.2, 0.25) is 0 Å². The zero-order valence-electron chi connectivity index (χ0n) is 25.0. The Morgan fingerprint density at radius 1 is 0.927 bits per heavy atom. The molecule has 1 aromatic rings. The molecule has 6 aliphatic rings. The first kappa shape index (κ1) is 27.8. The van der Waals surface area contributed by atoms with Crippen molar-refractivity contribution >= 4 is 12.0 Å². The van der Waals surface area contributed by atoms with Crippen molar-refractivity contribution in [1.82, 2.24) is 0 Å². The minimum Gasteiger partial charge on any atom is -0.465 e. The van der Waals surface area contributed by atoms with Crippen LogP contribution in [0.3, 0.4) is 0 Å². The first-order valence-corrected chi connectivity index (χ1v) is 15.9. The number of carbonyl (C=O) groups excluding carboxylic acids is 1. The van der Waals surface area contributed by atoms with Gasteiger partial charge in [-0.15, -0.1) is 0 Å². The molecule has 1 spiro atoms. The van der Waals surface area contributed by atoms with E-state index in [1.165, 1.54) is 39.2 Å². The van der Waals surface area contributed by atoms with E-state index < -0.39 is 5.79 Å². The Kier molecular flexibility index (Phi) is 7.01. The lowest BCUT2D eigenvalue weighted by molar-refractivity contribution is -0.219. The Hall–Kier alpha value is -1.99. The van der Waals surface area contributed by atoms with Crippen molar-refractivity contribution in [1.29, 1.82) is 0 Å². The number of esters is 1. The Bertz CT molecular complexity index is 1210. The molecule has 0 bridgehead atoms. The molecule has 7 rings (SSSR count). The van der Waals surface area contributed by atoms with Crippen molar-refractivity contribution in [3.63, 3.8) is 0 Å². The largest absolute Gasteiger partial charge is 0.465 e. The van der Waals surface area contributed by atoms with Gasteiger partial charge in [0.1, 0.15) is 0 Å². The third-order valence-electron chi connectivity index (χ3n) is 12.3. The number of benzene rings is 1. The summed E-state index contributed by atoms with van der Waals surface area (Å²) in [4.78, 5) is 11.9. The van der Waals surface area contributed by atoms with E-state index in [4.69, 9.17) is 23.7 Å². The molecular formula is C35H46O6. The fourth-order valence-electron chi connectivity index (χ4n) is 10.3. The van der Waals surface area contributed by atoms with E-state index in [1.54, 1.807) is 5.57 Å². The number of ether oxygens (including phenoxy) is 5. The molecule has 6 nitrogen and oxygen atoms in total. The number of methoxy groups -OCH3 is 1. The fraction of sp³-hybridized carbons (Fsp3) is 0.686. The van der Waals surface area contributed by atoms with Gasteiger partial charge in [-0.2, -0.15) is 0 Å². The van der Waals surface area contributed by atoms with E-state index in [2.05, 4.69) is 32.1 Å². The van der Waals surface area contributed by atoms with Gasteiger partial charge in [-0.25, -0.2) is 4.79 Å². The van der Waals surface area contributed by atoms with Gasteiger partial charge in [0, 0.05) is 18.8 Å². The first-order valence-electron chi connectivity index (χ1n) is 15.9. The fourth-order valence-corrected chi connectivity index (χ4v) is 10.3. The van der Waals surface area contributed by atoms with E-state index in [0.717, 1.165) is 44.5 Å². The van der Waals surface area contributed by atoms with E-state index in [9.17, 15) is 4.79 Å². The number of allylic oxidation sites excluding steroid dienone is 2. The first-order chi connectivity index (χ1) is 19.8. The predicted molar refractivity (Wildman–Crippen MR) is 156 cm³/mol. The summed E-state index contributed by atoms with van der Waals surface area (Å²) >= 11 is 0. The van der Waals surface area contributed by atoms with Crippen LogP contribution in [0.15, 0.2) is 42.0 Å². The smallest absolute Gasteiger partial charge is 0.337 e. The molecule has 6 heteroatoms. The molecule has 5 fully saturated rings. The zero-order chi connectivity index (χ0) is 28.3. The molecule has 0 radical (unpaired) electrons. The topological polar surface area (TPSA) is 63.2 Å². The Balaban J connectivity index is 1.17. The number of carbonyl (C=O) groups is 1. The van der Waals surface area contributed by atoms with Crippen molar-refractivity contribution in [2.45, 2.75) is 83.2 Å². The molecule has 41 heavy (non-hydrogen) atoms. The molecular weight excluding hydrogens is 516 g/mol. The second kappa shape index (κ2) is 10.3. The van der Waals surface area contributed by atoms with Crippen LogP contribution in [-0.4, -0.2) is 51.1 Å². The van der Waals surface area contributed by atoms with Gasteiger partial charge in [-0.3, -0.25) is 0 Å². The Morgan fingerprint density at radius 3 is 2.39 bits per heavy atom. The lowest BCUT2D eigenvalue weighted by Gasteiger charge is -2.60. The van der Waals surface area contributed by atoms with Crippen LogP contribution >= 0.6 is 0 Å². The maximum Gasteiger partial charge on any atom is 0.337 e. The van der Waals surface area contributed by atoms with Crippen LogP contribution in [0.1, 0.15) is 87.6 Å². The molecule has 3 saturated carbocycles. The summed E-state index contributed by atoms with van der Waals surface area (Å²) in [5.74, 6) is 1.31. The van der Waals surface area contributed by atoms with Gasteiger partial charge in [-0.1, -0.05) is 42.9 Å². The highest BCUT2D eigenvalue weighted by Gasteiger charge is 2.64. The molecule has 0 unspecified atom stereocenters. The predicted octanol–water partition coefficient (Wildman–Crippen LogP) is 6.94. The average molecular weight is 563 g/mol. The van der Waals surface area contributed by atoms with Crippen molar-refractivity contribution < 1.29 is 28.5 Å². The van der Waals surface area contributed by atoms with Crippen LogP contribution in [0.25, 0.3) is 6.08 Å². The highest BCUT2D eigenvalue weighted by molar-refractivity contribution is 5.89. The van der Waals surface area contributed by atoms with Gasteiger partial charge < -0.3 is 23.7 Å². The van der Waals surface area contributed by atoms with Crippen molar-refractivity contribution in [2.24, 2.45) is 34.5 Å². The van der Waals surface area contributed by atoms with Crippen LogP contribution in [-0.2, 0) is 23.7 Å². The summed E-state index contributed by atoms with van der Waals surface area (Å²) < 4.78 is 29.9. The minimum absolute atomic E-state index is 0.165. The average Bonchev–Trinajstić information content (AvgIpc) is 3.73. The quantitative estimate of drug-likeness (QED) is 0.286. The molecule has 0 N–H and O–H groups in total. The monoisotopic (exact) mass is 562 g/mol. The summed E-state index contributed by atoms with van der Waals surface area (Å²) in [6.45, 7) is 7.61. The standard InChI is InChI=1S/C35H46O6/c1-32-17-18-35(40-21-22-41-35)23-26(32)10-11-27-28(32)14-16-34(29(27)12-13-30(34)33(2)38-19-20-39-33)15-4-5-24-6-8-25(9-7-24)31(36)37-3/h4-10,27-30H,11-23H2,1-3H3/b5-4-/t27-,28-,29+,30-,32-,34+/m1/s1. The van der Waals surface area contributed by atoms with Crippen LogP contribution in [0, 0.1) is 34.5 Å². The molecule has 1 aromatic carbocycles. The number of hydrogen-bond acceptors (Lipinski definition) is 6. The zero-order valence-corrected chi connectivity index (χ0v) is 25.0. The van der Waals surface area contributed by atoms with Crippen LogP contribution in [0.5, 0.6) is 0 Å². The molecule has 2 aliphatic heterocycles. The lowest BCUT2D eigenvalue weighted by Crippen LogP contribution is -2.55. The Labute approximate surface area is 244 Å². The maximum absolute atomic E-state index is 11.9. The second-order valence-electron chi connectivity index (χ2n) is 13.9. The van der Waals surface area contributed by atoms with Crippen LogP contribution in [0.4, 0.5) is 0 Å². The normalized spacial score (nSPS) is 38.9. The number of hydrogen-bond donors (Lipinski definition) is 0. The van der Waals surface area contributed by atoms with Crippen LogP contribution in [0.2, 0.25) is 0 Å². The van der Waals surface area contributed by atoms with Gasteiger partial charge in [-0.05, 0) is 98.1 Å². The Morgan fingerprint density at radius 2 is 1.66 bits per heavy atom. The van der Waals surface area contributed by atoms with E-state index in [1.807, 2.05) is 24.3 Å². The molecule has 0 aromatic heterocycles. The van der Waals surface area contributed by atoms with E-state index in [-0.39, 0.29) is 22.6 Å². The van der Waals surface area contributed by atoms with E-state index >= 15 is 0 Å². The summed E-state index contributed by atoms with van der Waals surface area (Å²) in [5.41, 5.74) is 3.70. The van der Waals surface area contributed by atoms with Gasteiger partial charge >= 0.3 is 5.97 Å². The third kappa shape index (κ3) is 4.47. The second-order valence-corrected chi connectivity index (χ2v) is 13.9. The van der Waals surface area contributed by atoms with Gasteiger partial charge in [0.05, 0.1) is 39.1 Å². The van der Waals surface area contributed by atoms with Gasteiger partial charge in [0.25, 0.3) is 0 Å². The van der Waals surface area contributed by atoms with Crippen molar-refractivity contribution in [2.75, 3.05) is 33.5 Å². The third-order valence-corrected chi connectivity index (χ3v) is 12.3. The highest BCUT2D eigenvalue weighted by atomic mass is 16.7. The maximum atomic E-state index is 11.9. The molecule has 0 amide bonds. The summed E-state index contributed by atoms with van der Waals surface area (Å²) in [6, 6.07) is 7.71. The summed E-state index contributed by atoms with van der Waals surface area (Å²) in [5, 5.41) is 0. The van der Waals surface area contributed by atoms with Crippen LogP contribution < -0.4 is 0 Å².